The molecular formula is C15H19N3O. The number of benzene rings is 1. The molecule has 4 heteroatoms. The first-order valence-electron chi connectivity index (χ1n) is 6.45. The van der Waals surface area contributed by atoms with Gasteiger partial charge >= 0.3 is 0 Å². The third kappa shape index (κ3) is 3.51. The molecule has 0 fully saturated rings. The number of hydrogen-bond acceptors (Lipinski definition) is 4. The summed E-state index contributed by atoms with van der Waals surface area (Å²) in [6.07, 6.45) is 0. The Kier molecular flexibility index (Phi) is 4.47. The maximum absolute atomic E-state index is 5.51. The first-order chi connectivity index (χ1) is 9.22. The van der Waals surface area contributed by atoms with E-state index in [0.717, 1.165) is 35.1 Å². The summed E-state index contributed by atoms with van der Waals surface area (Å²) < 4.78 is 5.51. The lowest BCUT2D eigenvalue weighted by Gasteiger charge is -2.08. The fraction of sp³-hybridized carbons (Fsp3) is 0.333. The van der Waals surface area contributed by atoms with Gasteiger partial charge in [0.1, 0.15) is 5.75 Å². The molecule has 0 radical (unpaired) electrons. The monoisotopic (exact) mass is 257 g/mol. The van der Waals surface area contributed by atoms with Crippen molar-refractivity contribution in [2.24, 2.45) is 0 Å². The number of rotatable bonds is 5. The summed E-state index contributed by atoms with van der Waals surface area (Å²) in [4.78, 5) is 9.06. The molecule has 0 saturated heterocycles. The summed E-state index contributed by atoms with van der Waals surface area (Å²) >= 11 is 0. The van der Waals surface area contributed by atoms with Crippen LogP contribution in [0.5, 0.6) is 5.75 Å². The predicted octanol–water partition coefficient (Wildman–Crippen LogP) is 2.57. The van der Waals surface area contributed by atoms with Gasteiger partial charge in [-0.1, -0.05) is 12.1 Å². The molecule has 19 heavy (non-hydrogen) atoms. The summed E-state index contributed by atoms with van der Waals surface area (Å²) in [6.45, 7) is 5.35. The lowest BCUT2D eigenvalue weighted by molar-refractivity contribution is 0.340. The third-order valence-electron chi connectivity index (χ3n) is 2.67. The van der Waals surface area contributed by atoms with Gasteiger partial charge in [0.15, 0.2) is 5.82 Å². The van der Waals surface area contributed by atoms with E-state index in [-0.39, 0.29) is 0 Å². The van der Waals surface area contributed by atoms with E-state index in [4.69, 9.17) is 4.74 Å². The van der Waals surface area contributed by atoms with Gasteiger partial charge in [-0.2, -0.15) is 0 Å². The fourth-order valence-corrected chi connectivity index (χ4v) is 1.93. The Bertz CT molecular complexity index is 555. The van der Waals surface area contributed by atoms with Gasteiger partial charge in [0.05, 0.1) is 12.3 Å². The van der Waals surface area contributed by atoms with E-state index >= 15 is 0 Å². The van der Waals surface area contributed by atoms with Crippen molar-refractivity contribution in [2.45, 2.75) is 20.4 Å². The van der Waals surface area contributed by atoms with E-state index in [1.54, 1.807) is 0 Å². The van der Waals surface area contributed by atoms with Crippen molar-refractivity contribution in [3.63, 3.8) is 0 Å². The smallest absolute Gasteiger partial charge is 0.159 e. The maximum atomic E-state index is 5.51. The standard InChI is InChI=1S/C15H19N3O/c1-4-19-14-7-5-6-12(9-14)15-17-11(2)8-13(18-15)10-16-3/h5-9,16H,4,10H2,1-3H3. The molecule has 0 amide bonds. The van der Waals surface area contributed by atoms with Gasteiger partial charge in [0.2, 0.25) is 0 Å². The van der Waals surface area contributed by atoms with Gasteiger partial charge in [-0.05, 0) is 39.1 Å². The summed E-state index contributed by atoms with van der Waals surface area (Å²) in [5.41, 5.74) is 2.94. The lowest BCUT2D eigenvalue weighted by Crippen LogP contribution is -2.08. The van der Waals surface area contributed by atoms with Gasteiger partial charge in [0.25, 0.3) is 0 Å². The first kappa shape index (κ1) is 13.5. The van der Waals surface area contributed by atoms with Crippen molar-refractivity contribution < 1.29 is 4.74 Å². The van der Waals surface area contributed by atoms with Gasteiger partial charge in [-0.25, -0.2) is 9.97 Å². The van der Waals surface area contributed by atoms with Crippen LogP contribution in [0.25, 0.3) is 11.4 Å². The van der Waals surface area contributed by atoms with Crippen LogP contribution in [0.4, 0.5) is 0 Å². The van der Waals surface area contributed by atoms with E-state index < -0.39 is 0 Å². The number of ether oxygens (including phenoxy) is 1. The summed E-state index contributed by atoms with van der Waals surface area (Å²) in [7, 11) is 1.91. The van der Waals surface area contributed by atoms with Gasteiger partial charge in [-0.15, -0.1) is 0 Å². The topological polar surface area (TPSA) is 47.0 Å². The van der Waals surface area contributed by atoms with E-state index in [2.05, 4.69) is 15.3 Å². The zero-order valence-electron chi connectivity index (χ0n) is 11.6. The molecule has 0 unspecified atom stereocenters. The molecule has 1 aromatic heterocycles. The second-order valence-electron chi connectivity index (χ2n) is 4.32. The molecule has 0 bridgehead atoms. The highest BCUT2D eigenvalue weighted by molar-refractivity contribution is 5.57. The molecule has 4 nitrogen and oxygen atoms in total. The highest BCUT2D eigenvalue weighted by Gasteiger charge is 2.06. The second-order valence-corrected chi connectivity index (χ2v) is 4.32. The summed E-state index contributed by atoms with van der Waals surface area (Å²) in [6, 6.07) is 9.87. The number of aromatic nitrogens is 2. The van der Waals surface area contributed by atoms with Crippen molar-refractivity contribution in [3.8, 4) is 17.1 Å². The normalized spacial score (nSPS) is 10.5. The quantitative estimate of drug-likeness (QED) is 0.894. The fourth-order valence-electron chi connectivity index (χ4n) is 1.93. The Morgan fingerprint density at radius 1 is 1.21 bits per heavy atom. The molecule has 0 aliphatic rings. The minimum Gasteiger partial charge on any atom is -0.494 e. The molecule has 1 aromatic carbocycles. The van der Waals surface area contributed by atoms with Crippen molar-refractivity contribution in [2.75, 3.05) is 13.7 Å². The van der Waals surface area contributed by atoms with E-state index in [9.17, 15) is 0 Å². The summed E-state index contributed by atoms with van der Waals surface area (Å²) in [5, 5.41) is 3.11. The Morgan fingerprint density at radius 2 is 2.05 bits per heavy atom. The van der Waals surface area contributed by atoms with Crippen LogP contribution in [-0.2, 0) is 6.54 Å². The molecule has 100 valence electrons. The van der Waals surface area contributed by atoms with Crippen LogP contribution in [0.2, 0.25) is 0 Å². The highest BCUT2D eigenvalue weighted by Crippen LogP contribution is 2.21. The van der Waals surface area contributed by atoms with Crippen molar-refractivity contribution >= 4 is 0 Å². The minimum atomic E-state index is 0.656. The van der Waals surface area contributed by atoms with Gasteiger partial charge < -0.3 is 10.1 Å². The number of nitrogens with one attached hydrogen (secondary N) is 1. The highest BCUT2D eigenvalue weighted by atomic mass is 16.5. The molecule has 0 spiro atoms. The van der Waals surface area contributed by atoms with Gasteiger partial charge in [0, 0.05) is 17.8 Å². The molecule has 0 aliphatic heterocycles. The second kappa shape index (κ2) is 6.29. The number of hydrogen-bond donors (Lipinski definition) is 1. The van der Waals surface area contributed by atoms with Crippen LogP contribution in [-0.4, -0.2) is 23.6 Å². The molecule has 2 rings (SSSR count). The van der Waals surface area contributed by atoms with Crippen molar-refractivity contribution in [3.05, 3.63) is 41.7 Å². The van der Waals surface area contributed by atoms with Crippen LogP contribution >= 0.6 is 0 Å². The molecule has 0 aliphatic carbocycles. The zero-order chi connectivity index (χ0) is 13.7. The van der Waals surface area contributed by atoms with E-state index in [0.29, 0.717) is 6.61 Å². The molecular weight excluding hydrogens is 238 g/mol. The average Bonchev–Trinajstić information content (AvgIpc) is 2.39. The third-order valence-corrected chi connectivity index (χ3v) is 2.67. The average molecular weight is 257 g/mol. The molecule has 2 aromatic rings. The summed E-state index contributed by atoms with van der Waals surface area (Å²) in [5.74, 6) is 1.59. The Labute approximate surface area is 113 Å². The number of nitrogens with zero attached hydrogens (tertiary/aromatic N) is 2. The predicted molar refractivity (Wildman–Crippen MR) is 76.1 cm³/mol. The van der Waals surface area contributed by atoms with E-state index in [1.807, 2.05) is 51.2 Å². The van der Waals surface area contributed by atoms with Crippen molar-refractivity contribution in [1.29, 1.82) is 0 Å². The zero-order valence-corrected chi connectivity index (χ0v) is 11.6. The maximum Gasteiger partial charge on any atom is 0.159 e. The van der Waals surface area contributed by atoms with E-state index in [1.165, 1.54) is 0 Å². The van der Waals surface area contributed by atoms with Crippen LogP contribution < -0.4 is 10.1 Å². The molecule has 1 heterocycles. The number of aryl methyl sites for hydroxylation is 1. The van der Waals surface area contributed by atoms with Crippen LogP contribution in [0.15, 0.2) is 30.3 Å². The van der Waals surface area contributed by atoms with Crippen LogP contribution in [0, 0.1) is 6.92 Å². The van der Waals surface area contributed by atoms with Crippen molar-refractivity contribution in [1.82, 2.24) is 15.3 Å². The lowest BCUT2D eigenvalue weighted by atomic mass is 10.2. The Balaban J connectivity index is 2.37. The van der Waals surface area contributed by atoms with Crippen LogP contribution in [0.1, 0.15) is 18.3 Å². The molecule has 0 atom stereocenters. The largest absolute Gasteiger partial charge is 0.494 e. The SMILES string of the molecule is CCOc1cccc(-c2nc(C)cc(CNC)n2)c1. The minimum absolute atomic E-state index is 0.656. The molecule has 0 saturated carbocycles. The molecule has 1 N–H and O–H groups in total. The Morgan fingerprint density at radius 3 is 2.79 bits per heavy atom. The first-order valence-corrected chi connectivity index (χ1v) is 6.45. The van der Waals surface area contributed by atoms with Gasteiger partial charge in [-0.3, -0.25) is 0 Å². The Hall–Kier alpha value is -1.94. The van der Waals surface area contributed by atoms with Crippen LogP contribution in [0.3, 0.4) is 0 Å².